The first-order valence-electron chi connectivity index (χ1n) is 9.98. The summed E-state index contributed by atoms with van der Waals surface area (Å²) in [4.78, 5) is 21.2. The van der Waals surface area contributed by atoms with Crippen LogP contribution in [0.2, 0.25) is 5.02 Å². The summed E-state index contributed by atoms with van der Waals surface area (Å²) in [5, 5.41) is 1.87. The lowest BCUT2D eigenvalue weighted by atomic mass is 9.87. The molecule has 1 amide bonds. The normalized spacial score (nSPS) is 21.9. The van der Waals surface area contributed by atoms with Crippen molar-refractivity contribution < 1.29 is 4.79 Å². The molecule has 0 spiro atoms. The number of benzene rings is 2. The van der Waals surface area contributed by atoms with Crippen molar-refractivity contribution in [1.82, 2.24) is 14.8 Å². The maximum Gasteiger partial charge on any atom is 0.255 e. The van der Waals surface area contributed by atoms with Crippen molar-refractivity contribution in [1.29, 1.82) is 0 Å². The quantitative estimate of drug-likeness (QED) is 0.688. The number of aromatic amines is 1. The Hall–Kier alpha value is -2.30. The van der Waals surface area contributed by atoms with Gasteiger partial charge in [0.15, 0.2) is 0 Å². The van der Waals surface area contributed by atoms with Gasteiger partial charge in [0.2, 0.25) is 0 Å². The summed E-state index contributed by atoms with van der Waals surface area (Å²) in [6, 6.07) is 16.4. The molecule has 2 atom stereocenters. The molecule has 1 unspecified atom stereocenters. The standard InChI is InChI=1S/C23H24ClN3O/c1-26(23(28)18-7-2-4-8-19(18)24)15-10-12-27-13-11-17-16-6-3-5-9-20(16)25-22(17)21(27)14-15/h2-9,15,21,25H,10-14H2,1H3/t15?,21-/m0/s1. The van der Waals surface area contributed by atoms with Gasteiger partial charge in [-0.25, -0.2) is 0 Å². The molecule has 28 heavy (non-hydrogen) atoms. The molecule has 3 aromatic rings. The summed E-state index contributed by atoms with van der Waals surface area (Å²) < 4.78 is 0. The van der Waals surface area contributed by atoms with Crippen molar-refractivity contribution in [3.05, 3.63) is 70.4 Å². The lowest BCUT2D eigenvalue weighted by molar-refractivity contribution is 0.0496. The Bertz CT molecular complexity index is 1040. The van der Waals surface area contributed by atoms with Gasteiger partial charge in [-0.2, -0.15) is 0 Å². The van der Waals surface area contributed by atoms with E-state index in [1.165, 1.54) is 22.2 Å². The summed E-state index contributed by atoms with van der Waals surface area (Å²) in [5.74, 6) is 0.0109. The molecule has 2 aromatic carbocycles. The molecule has 5 rings (SSSR count). The maximum absolute atomic E-state index is 13.0. The second kappa shape index (κ2) is 6.94. The van der Waals surface area contributed by atoms with Crippen LogP contribution in [0.1, 0.15) is 40.5 Å². The lowest BCUT2D eigenvalue weighted by Gasteiger charge is -2.44. The number of nitrogens with one attached hydrogen (secondary N) is 1. The fraction of sp³-hybridized carbons (Fsp3) is 0.348. The van der Waals surface area contributed by atoms with Crippen LogP contribution in [-0.4, -0.2) is 46.9 Å². The predicted octanol–water partition coefficient (Wildman–Crippen LogP) is 4.66. The Morgan fingerprint density at radius 3 is 2.79 bits per heavy atom. The third-order valence-corrected chi connectivity index (χ3v) is 6.82. The van der Waals surface area contributed by atoms with Gasteiger partial charge >= 0.3 is 0 Å². The van der Waals surface area contributed by atoms with E-state index in [1.54, 1.807) is 6.07 Å². The zero-order valence-corrected chi connectivity index (χ0v) is 16.7. The van der Waals surface area contributed by atoms with Crippen molar-refractivity contribution in [2.24, 2.45) is 0 Å². The number of nitrogens with zero attached hydrogens (tertiary/aromatic N) is 2. The lowest BCUT2D eigenvalue weighted by Crippen LogP contribution is -2.49. The smallest absolute Gasteiger partial charge is 0.255 e. The van der Waals surface area contributed by atoms with Gasteiger partial charge in [0, 0.05) is 42.8 Å². The third-order valence-electron chi connectivity index (χ3n) is 6.49. The molecule has 5 heteroatoms. The topological polar surface area (TPSA) is 39.3 Å². The van der Waals surface area contributed by atoms with Gasteiger partial charge in [-0.1, -0.05) is 41.9 Å². The van der Waals surface area contributed by atoms with Crippen LogP contribution in [0.25, 0.3) is 10.9 Å². The van der Waals surface area contributed by atoms with Crippen LogP contribution >= 0.6 is 11.6 Å². The van der Waals surface area contributed by atoms with E-state index in [0.29, 0.717) is 16.6 Å². The fourth-order valence-corrected chi connectivity index (χ4v) is 5.15. The van der Waals surface area contributed by atoms with Crippen LogP contribution in [-0.2, 0) is 6.42 Å². The second-order valence-corrected chi connectivity index (χ2v) is 8.35. The molecule has 2 aliphatic heterocycles. The molecular formula is C23H24ClN3O. The first-order valence-corrected chi connectivity index (χ1v) is 10.4. The molecule has 1 aromatic heterocycles. The number of amides is 1. The van der Waals surface area contributed by atoms with Crippen molar-refractivity contribution in [2.45, 2.75) is 31.3 Å². The number of hydrogen-bond donors (Lipinski definition) is 1. The molecule has 0 saturated carbocycles. The van der Waals surface area contributed by atoms with E-state index < -0.39 is 0 Å². The highest BCUT2D eigenvalue weighted by Gasteiger charge is 2.37. The van der Waals surface area contributed by atoms with E-state index in [0.717, 1.165) is 32.4 Å². The Morgan fingerprint density at radius 1 is 1.14 bits per heavy atom. The molecule has 0 radical (unpaired) electrons. The molecule has 0 aliphatic carbocycles. The predicted molar refractivity (Wildman–Crippen MR) is 113 cm³/mol. The highest BCUT2D eigenvalue weighted by molar-refractivity contribution is 6.33. The SMILES string of the molecule is CN(C(=O)c1ccccc1Cl)C1CCN2CCc3c([nH]c4ccccc34)[C@@H]2C1. The van der Waals surface area contributed by atoms with Gasteiger partial charge in [-0.3, -0.25) is 9.69 Å². The monoisotopic (exact) mass is 393 g/mol. The highest BCUT2D eigenvalue weighted by atomic mass is 35.5. The third kappa shape index (κ3) is 2.83. The van der Waals surface area contributed by atoms with Gasteiger partial charge in [0.25, 0.3) is 5.91 Å². The Kier molecular flexibility index (Phi) is 4.41. The van der Waals surface area contributed by atoms with Crippen molar-refractivity contribution in [2.75, 3.05) is 20.1 Å². The van der Waals surface area contributed by atoms with Crippen LogP contribution in [0.15, 0.2) is 48.5 Å². The first kappa shape index (κ1) is 17.8. The van der Waals surface area contributed by atoms with E-state index in [9.17, 15) is 4.79 Å². The molecule has 1 fully saturated rings. The maximum atomic E-state index is 13.0. The van der Waals surface area contributed by atoms with Gasteiger partial charge in [0.1, 0.15) is 0 Å². The summed E-state index contributed by atoms with van der Waals surface area (Å²) in [5.41, 5.74) is 4.61. The van der Waals surface area contributed by atoms with Crippen LogP contribution in [0.5, 0.6) is 0 Å². The number of para-hydroxylation sites is 1. The minimum atomic E-state index is 0.0109. The number of H-pyrrole nitrogens is 1. The van der Waals surface area contributed by atoms with Crippen LogP contribution in [0.4, 0.5) is 0 Å². The van der Waals surface area contributed by atoms with Crippen LogP contribution in [0.3, 0.4) is 0 Å². The molecule has 2 aliphatic rings. The summed E-state index contributed by atoms with van der Waals surface area (Å²) in [6.45, 7) is 2.11. The minimum Gasteiger partial charge on any atom is -0.357 e. The zero-order valence-electron chi connectivity index (χ0n) is 16.0. The van der Waals surface area contributed by atoms with Crippen molar-refractivity contribution in [3.8, 4) is 0 Å². The van der Waals surface area contributed by atoms with Gasteiger partial charge in [0.05, 0.1) is 16.6 Å². The number of fused-ring (bicyclic) bond motifs is 5. The van der Waals surface area contributed by atoms with Crippen molar-refractivity contribution in [3.63, 3.8) is 0 Å². The number of piperidine rings is 1. The van der Waals surface area contributed by atoms with Gasteiger partial charge < -0.3 is 9.88 Å². The Morgan fingerprint density at radius 2 is 1.93 bits per heavy atom. The van der Waals surface area contributed by atoms with Gasteiger partial charge in [-0.05, 0) is 43.0 Å². The number of aromatic nitrogens is 1. The molecule has 1 saturated heterocycles. The summed E-state index contributed by atoms with van der Waals surface area (Å²) >= 11 is 6.26. The molecule has 4 nitrogen and oxygen atoms in total. The van der Waals surface area contributed by atoms with Crippen LogP contribution < -0.4 is 0 Å². The molecule has 0 bridgehead atoms. The summed E-state index contributed by atoms with van der Waals surface area (Å²) in [6.07, 6.45) is 3.04. The Balaban J connectivity index is 1.43. The fourth-order valence-electron chi connectivity index (χ4n) is 4.94. The number of halogens is 1. The first-order chi connectivity index (χ1) is 13.6. The number of rotatable bonds is 2. The molecule has 144 valence electrons. The second-order valence-electron chi connectivity index (χ2n) is 7.94. The van der Waals surface area contributed by atoms with E-state index in [4.69, 9.17) is 11.6 Å². The number of carbonyl (C=O) groups excluding carboxylic acids is 1. The van der Waals surface area contributed by atoms with E-state index in [1.807, 2.05) is 30.1 Å². The molecule has 3 heterocycles. The Labute approximate surface area is 170 Å². The largest absolute Gasteiger partial charge is 0.357 e. The molecular weight excluding hydrogens is 370 g/mol. The van der Waals surface area contributed by atoms with E-state index in [2.05, 4.69) is 34.1 Å². The van der Waals surface area contributed by atoms with Crippen molar-refractivity contribution >= 4 is 28.4 Å². The number of carbonyl (C=O) groups is 1. The summed E-state index contributed by atoms with van der Waals surface area (Å²) in [7, 11) is 1.92. The highest BCUT2D eigenvalue weighted by Crippen LogP contribution is 2.40. The molecule has 1 N–H and O–H groups in total. The average Bonchev–Trinajstić information content (AvgIpc) is 3.12. The van der Waals surface area contributed by atoms with E-state index >= 15 is 0 Å². The zero-order chi connectivity index (χ0) is 19.3. The van der Waals surface area contributed by atoms with Crippen LogP contribution in [0, 0.1) is 0 Å². The average molecular weight is 394 g/mol. The minimum absolute atomic E-state index is 0.0109. The van der Waals surface area contributed by atoms with E-state index in [-0.39, 0.29) is 11.9 Å². The van der Waals surface area contributed by atoms with Gasteiger partial charge in [-0.15, -0.1) is 0 Å². The number of hydrogen-bond acceptors (Lipinski definition) is 2.